The van der Waals surface area contributed by atoms with Crippen LogP contribution in [0.15, 0.2) is 24.8 Å². The molecule has 63 valence electrons. The average molecular weight is 177 g/mol. The first-order valence-corrected chi connectivity index (χ1v) is 6.41. The van der Waals surface area contributed by atoms with Crippen molar-refractivity contribution in [1.29, 1.82) is 0 Å². The Morgan fingerprint density at radius 3 is 2.50 bits per heavy atom. The minimum absolute atomic E-state index is 0.409. The summed E-state index contributed by atoms with van der Waals surface area (Å²) in [5.74, 6) is 0.409. The standard InChI is InChI=1S/C10H13OSi/c1-4-8-6-5-7-9(11)10(8)12(2)3/h4-7,11H,1H2,2-3H3. The normalized spacial score (nSPS) is 10.2. The van der Waals surface area contributed by atoms with Crippen molar-refractivity contribution in [3.8, 4) is 5.75 Å². The molecule has 1 aromatic carbocycles. The SMILES string of the molecule is C=Cc1cccc(O)c1[Si](C)C. The maximum atomic E-state index is 9.57. The van der Waals surface area contributed by atoms with Crippen LogP contribution in [0.4, 0.5) is 0 Å². The van der Waals surface area contributed by atoms with Gasteiger partial charge in [0, 0.05) is 0 Å². The summed E-state index contributed by atoms with van der Waals surface area (Å²) in [4.78, 5) is 0. The molecule has 0 aliphatic heterocycles. The summed E-state index contributed by atoms with van der Waals surface area (Å²) in [7, 11) is -0.605. The van der Waals surface area contributed by atoms with E-state index in [1.807, 2.05) is 12.1 Å². The fourth-order valence-electron chi connectivity index (χ4n) is 1.27. The van der Waals surface area contributed by atoms with E-state index in [0.717, 1.165) is 10.8 Å². The van der Waals surface area contributed by atoms with Crippen molar-refractivity contribution in [1.82, 2.24) is 0 Å². The van der Waals surface area contributed by atoms with Gasteiger partial charge in [-0.15, -0.1) is 0 Å². The zero-order valence-corrected chi connectivity index (χ0v) is 8.46. The summed E-state index contributed by atoms with van der Waals surface area (Å²) in [5.41, 5.74) is 1.06. The Bertz CT molecular complexity index is 292. The molecule has 1 aromatic rings. The lowest BCUT2D eigenvalue weighted by Gasteiger charge is -2.09. The molecule has 0 bridgehead atoms. The molecule has 0 saturated carbocycles. The summed E-state index contributed by atoms with van der Waals surface area (Å²) in [5, 5.41) is 10.7. The third-order valence-electron chi connectivity index (χ3n) is 1.79. The van der Waals surface area contributed by atoms with E-state index in [1.54, 1.807) is 12.1 Å². The Kier molecular flexibility index (Phi) is 2.71. The Morgan fingerprint density at radius 2 is 2.08 bits per heavy atom. The molecule has 0 aliphatic rings. The number of rotatable bonds is 2. The zero-order valence-electron chi connectivity index (χ0n) is 7.46. The first kappa shape index (κ1) is 9.07. The van der Waals surface area contributed by atoms with Crippen molar-refractivity contribution in [3.05, 3.63) is 30.3 Å². The molecular formula is C10H13OSi. The van der Waals surface area contributed by atoms with Crippen LogP contribution in [0.1, 0.15) is 5.56 Å². The molecular weight excluding hydrogens is 164 g/mol. The van der Waals surface area contributed by atoms with Crippen molar-refractivity contribution in [3.63, 3.8) is 0 Å². The van der Waals surface area contributed by atoms with Crippen molar-refractivity contribution in [2.24, 2.45) is 0 Å². The summed E-state index contributed by atoms with van der Waals surface area (Å²) < 4.78 is 0. The van der Waals surface area contributed by atoms with Gasteiger partial charge in [0.25, 0.3) is 0 Å². The number of hydrogen-bond acceptors (Lipinski definition) is 1. The van der Waals surface area contributed by atoms with Crippen LogP contribution in [0.3, 0.4) is 0 Å². The smallest absolute Gasteiger partial charge is 0.115 e. The number of phenolic OH excluding ortho intramolecular Hbond substituents is 1. The monoisotopic (exact) mass is 177 g/mol. The highest BCUT2D eigenvalue weighted by molar-refractivity contribution is 6.72. The Balaban J connectivity index is 3.29. The topological polar surface area (TPSA) is 20.2 Å². The van der Waals surface area contributed by atoms with Gasteiger partial charge in [-0.1, -0.05) is 37.9 Å². The zero-order chi connectivity index (χ0) is 9.14. The van der Waals surface area contributed by atoms with Crippen LogP contribution < -0.4 is 5.19 Å². The second kappa shape index (κ2) is 3.58. The van der Waals surface area contributed by atoms with E-state index in [-0.39, 0.29) is 0 Å². The van der Waals surface area contributed by atoms with Crippen LogP contribution in [0.25, 0.3) is 6.08 Å². The highest BCUT2D eigenvalue weighted by atomic mass is 28.3. The number of hydrogen-bond donors (Lipinski definition) is 1. The van der Waals surface area contributed by atoms with Crippen LogP contribution >= 0.6 is 0 Å². The number of benzene rings is 1. The molecule has 0 aromatic heterocycles. The maximum absolute atomic E-state index is 9.57. The van der Waals surface area contributed by atoms with Crippen molar-refractivity contribution in [2.75, 3.05) is 0 Å². The summed E-state index contributed by atoms with van der Waals surface area (Å²) in [6.07, 6.45) is 1.80. The predicted octanol–water partition coefficient (Wildman–Crippen LogP) is 2.00. The largest absolute Gasteiger partial charge is 0.508 e. The molecule has 2 heteroatoms. The van der Waals surface area contributed by atoms with Gasteiger partial charge in [-0.2, -0.15) is 0 Å². The van der Waals surface area contributed by atoms with Crippen molar-refractivity contribution >= 4 is 20.1 Å². The number of aromatic hydroxyl groups is 1. The quantitative estimate of drug-likeness (QED) is 0.685. The number of phenols is 1. The molecule has 0 atom stereocenters. The molecule has 0 fully saturated rings. The highest BCUT2D eigenvalue weighted by Gasteiger charge is 2.09. The van der Waals surface area contributed by atoms with Crippen LogP contribution in [0.5, 0.6) is 5.75 Å². The molecule has 0 aliphatic carbocycles. The fourth-order valence-corrected chi connectivity index (χ4v) is 2.63. The summed E-state index contributed by atoms with van der Waals surface area (Å²) in [6.45, 7) is 8.04. The molecule has 12 heavy (non-hydrogen) atoms. The Labute approximate surface area is 75.0 Å². The molecule has 1 nitrogen and oxygen atoms in total. The van der Waals surface area contributed by atoms with Gasteiger partial charge in [0.1, 0.15) is 5.75 Å². The molecule has 0 unspecified atom stereocenters. The van der Waals surface area contributed by atoms with Gasteiger partial charge in [0.15, 0.2) is 0 Å². The second-order valence-corrected chi connectivity index (χ2v) is 5.45. The third kappa shape index (κ3) is 1.59. The first-order chi connectivity index (χ1) is 5.66. The summed E-state index contributed by atoms with van der Waals surface area (Å²) >= 11 is 0. The van der Waals surface area contributed by atoms with Crippen LogP contribution in [-0.4, -0.2) is 13.9 Å². The second-order valence-electron chi connectivity index (χ2n) is 2.95. The molecule has 0 spiro atoms. The minimum atomic E-state index is -0.605. The predicted molar refractivity (Wildman–Crippen MR) is 55.3 cm³/mol. The van der Waals surface area contributed by atoms with E-state index < -0.39 is 8.80 Å². The van der Waals surface area contributed by atoms with Gasteiger partial charge < -0.3 is 5.11 Å². The molecule has 0 saturated heterocycles. The van der Waals surface area contributed by atoms with E-state index in [0.29, 0.717) is 5.75 Å². The molecule has 0 amide bonds. The highest BCUT2D eigenvalue weighted by Crippen LogP contribution is 2.10. The Hall–Kier alpha value is -1.02. The molecule has 1 radical (unpaired) electrons. The van der Waals surface area contributed by atoms with Crippen LogP contribution in [-0.2, 0) is 0 Å². The maximum Gasteiger partial charge on any atom is 0.115 e. The molecule has 1 rings (SSSR count). The van der Waals surface area contributed by atoms with Gasteiger partial charge in [-0.05, 0) is 16.8 Å². The third-order valence-corrected chi connectivity index (χ3v) is 3.34. The first-order valence-electron chi connectivity index (χ1n) is 3.91. The lowest BCUT2D eigenvalue weighted by molar-refractivity contribution is 0.479. The van der Waals surface area contributed by atoms with E-state index in [2.05, 4.69) is 19.7 Å². The van der Waals surface area contributed by atoms with Gasteiger partial charge in [0.05, 0.1) is 8.80 Å². The van der Waals surface area contributed by atoms with Crippen molar-refractivity contribution in [2.45, 2.75) is 13.1 Å². The van der Waals surface area contributed by atoms with E-state index in [4.69, 9.17) is 0 Å². The fraction of sp³-hybridized carbons (Fsp3) is 0.200. The van der Waals surface area contributed by atoms with E-state index in [1.165, 1.54) is 0 Å². The van der Waals surface area contributed by atoms with Gasteiger partial charge in [0.2, 0.25) is 0 Å². The van der Waals surface area contributed by atoms with Gasteiger partial charge in [-0.25, -0.2) is 0 Å². The van der Waals surface area contributed by atoms with Crippen molar-refractivity contribution < 1.29 is 5.11 Å². The molecule has 0 heterocycles. The lowest BCUT2D eigenvalue weighted by Crippen LogP contribution is -2.25. The average Bonchev–Trinajstić information content (AvgIpc) is 2.03. The minimum Gasteiger partial charge on any atom is -0.508 e. The van der Waals surface area contributed by atoms with Gasteiger partial charge >= 0.3 is 0 Å². The lowest BCUT2D eigenvalue weighted by atomic mass is 10.2. The molecule has 1 N–H and O–H groups in total. The Morgan fingerprint density at radius 1 is 1.42 bits per heavy atom. The van der Waals surface area contributed by atoms with E-state index in [9.17, 15) is 5.11 Å². The van der Waals surface area contributed by atoms with Crippen LogP contribution in [0, 0.1) is 0 Å². The van der Waals surface area contributed by atoms with E-state index >= 15 is 0 Å². The van der Waals surface area contributed by atoms with Gasteiger partial charge in [-0.3, -0.25) is 0 Å². The summed E-state index contributed by atoms with van der Waals surface area (Å²) in [6, 6.07) is 5.57. The van der Waals surface area contributed by atoms with Crippen LogP contribution in [0.2, 0.25) is 13.1 Å².